The van der Waals surface area contributed by atoms with Gasteiger partial charge in [0.15, 0.2) is 0 Å². The van der Waals surface area contributed by atoms with Crippen molar-refractivity contribution in [2.75, 3.05) is 10.6 Å². The summed E-state index contributed by atoms with van der Waals surface area (Å²) in [6.07, 6.45) is 33.1. The van der Waals surface area contributed by atoms with Gasteiger partial charge in [-0.05, 0) is 309 Å². The molecule has 6 fully saturated rings. The smallest absolute Gasteiger partial charge is 0.411 e. The molecule has 0 bridgehead atoms. The Balaban J connectivity index is 0.460. The number of imide groups is 2. The van der Waals surface area contributed by atoms with E-state index >= 15 is 0 Å². The molecule has 2 aromatic heterocycles. The molecule has 123 heavy (non-hydrogen) atoms. The third-order valence-electron chi connectivity index (χ3n) is 34.4. The molecular formula is C109H128N4O8S2. The van der Waals surface area contributed by atoms with E-state index in [0.29, 0.717) is 77.8 Å². The van der Waals surface area contributed by atoms with E-state index in [4.69, 9.17) is 9.47 Å². The number of benzene rings is 6. The number of aryl methyl sites for hydroxylation is 2. The van der Waals surface area contributed by atoms with E-state index in [9.17, 15) is 28.8 Å². The second-order valence-corrected chi connectivity index (χ2v) is 44.4. The van der Waals surface area contributed by atoms with Gasteiger partial charge in [0.05, 0.1) is 24.5 Å². The molecule has 6 amide bonds. The van der Waals surface area contributed by atoms with Crippen LogP contribution in [0.5, 0.6) is 0 Å². The van der Waals surface area contributed by atoms with Gasteiger partial charge in [0.1, 0.15) is 12.2 Å². The summed E-state index contributed by atoms with van der Waals surface area (Å²) in [5.74, 6) is 7.76. The second-order valence-electron chi connectivity index (χ2n) is 41.9. The fraction of sp³-hybridized carbons (Fsp3) is 0.523. The van der Waals surface area contributed by atoms with Crippen molar-refractivity contribution in [1.82, 2.24) is 9.80 Å². The van der Waals surface area contributed by atoms with Crippen LogP contribution < -0.4 is 10.6 Å². The number of rotatable bonds is 22. The van der Waals surface area contributed by atoms with Crippen LogP contribution in [0.1, 0.15) is 303 Å². The molecule has 0 radical (unpaired) electrons. The van der Waals surface area contributed by atoms with Crippen molar-refractivity contribution in [1.29, 1.82) is 0 Å². The first-order valence-electron chi connectivity index (χ1n) is 47.5. The zero-order valence-electron chi connectivity index (χ0n) is 74.9. The molecule has 644 valence electrons. The first-order chi connectivity index (χ1) is 59.2. The molecule has 0 unspecified atom stereocenters. The third-order valence-corrected chi connectivity index (χ3v) is 36.6. The lowest BCUT2D eigenvalue weighted by molar-refractivity contribution is -0.0577. The predicted octanol–water partition coefficient (Wildman–Crippen LogP) is 28.7. The fourth-order valence-electron chi connectivity index (χ4n) is 28.0. The summed E-state index contributed by atoms with van der Waals surface area (Å²) >= 11 is 3.57. The normalized spacial score (nSPS) is 29.3. The van der Waals surface area contributed by atoms with Crippen LogP contribution in [0, 0.1) is 107 Å². The number of hydrogen-bond acceptors (Lipinski definition) is 10. The number of anilines is 2. The average Bonchev–Trinajstić information content (AvgIpc) is 1.66. The number of nitrogens with one attached hydrogen (secondary N) is 2. The first-order valence-corrected chi connectivity index (χ1v) is 49.1. The lowest BCUT2D eigenvalue weighted by atomic mass is 9.47. The number of hydrogen-bond donors (Lipinski definition) is 2. The molecule has 19 rings (SSSR count). The minimum Gasteiger partial charge on any atom is -0.446 e. The van der Waals surface area contributed by atoms with Crippen molar-refractivity contribution in [3.8, 4) is 20.9 Å². The van der Waals surface area contributed by atoms with Crippen molar-refractivity contribution in [2.45, 2.75) is 269 Å². The molecule has 9 aliphatic carbocycles. The number of allylic oxidation sites excluding steroid dienone is 4. The standard InChI is InChI=1S/C109H128N4O8S2/c1-62(2)18-13-20-64(5)88-42-44-90-78-38-36-72-56-74(48-52-106(72,9)92(78)50-54-108(88,90)11)120-104(118)110-94-46-40-84-98-80(94)24-16-26-82(98)100(114)112(102(84)116)60-68-28-32-70(33-29-68)96-58-86(66(7)122-96)76-22-15-23-77(76)87-59-97(123-67(87)8)71-34-30-69(31-35-71)61-113-101(115)83-27-17-25-81-95(47-41-85(99(81)83)103(113)117)111-105(119)121-75-49-53-107(10)73(57-75)37-39-79-91-45-43-89(65(6)21-14-19-63(3)4)109(91,12)55-51-93(79)107/h16-17,24-37,40-41,46-47,58-59,62-65,74-75,78-79,88-93H,13-15,18-23,38-39,42-45,48-57,60-61H2,1-12H3,(H,110,118)(H,111,119)/t64-,65-,74+,75+,78+,79+,88-,89-,90+,91+,92+,93+,106+,107+,108-,109-/m1/s1. The van der Waals surface area contributed by atoms with Gasteiger partial charge in [-0.25, -0.2) is 9.59 Å². The van der Waals surface area contributed by atoms with Crippen LogP contribution in [-0.2, 0) is 22.6 Å². The Bertz CT molecular complexity index is 5260. The summed E-state index contributed by atoms with van der Waals surface area (Å²) in [6.45, 7) is 29.6. The maximum absolute atomic E-state index is 14.5. The number of ether oxygens (including phenoxy) is 2. The summed E-state index contributed by atoms with van der Waals surface area (Å²) in [6, 6.07) is 39.2. The number of carbonyl (C=O) groups is 6. The van der Waals surface area contributed by atoms with Crippen LogP contribution in [0.25, 0.3) is 53.6 Å². The Labute approximate surface area is 737 Å². The number of carbonyl (C=O) groups excluding carboxylic acids is 6. The van der Waals surface area contributed by atoms with Crippen molar-refractivity contribution in [3.05, 3.63) is 199 Å². The Morgan fingerprint density at radius 3 is 1.25 bits per heavy atom. The number of nitrogens with zero attached hydrogens (tertiary/aromatic N) is 2. The summed E-state index contributed by atoms with van der Waals surface area (Å²) in [7, 11) is 0. The highest BCUT2D eigenvalue weighted by atomic mass is 32.1. The van der Waals surface area contributed by atoms with Crippen LogP contribution in [0.2, 0.25) is 0 Å². The highest BCUT2D eigenvalue weighted by Crippen LogP contribution is 2.70. The monoisotopic (exact) mass is 1680 g/mol. The molecule has 4 heterocycles. The lowest BCUT2D eigenvalue weighted by Gasteiger charge is -2.58. The van der Waals surface area contributed by atoms with Gasteiger partial charge in [-0.1, -0.05) is 204 Å². The molecule has 2 aliphatic heterocycles. The van der Waals surface area contributed by atoms with Crippen LogP contribution in [0.3, 0.4) is 0 Å². The van der Waals surface area contributed by atoms with Crippen LogP contribution in [0.15, 0.2) is 145 Å². The summed E-state index contributed by atoms with van der Waals surface area (Å²) in [5, 5.41) is 8.48. The van der Waals surface area contributed by atoms with Gasteiger partial charge < -0.3 is 9.47 Å². The van der Waals surface area contributed by atoms with Gasteiger partial charge in [-0.15, -0.1) is 22.7 Å². The summed E-state index contributed by atoms with van der Waals surface area (Å²) in [4.78, 5) is 93.5. The van der Waals surface area contributed by atoms with Gasteiger partial charge >= 0.3 is 12.2 Å². The largest absolute Gasteiger partial charge is 0.446 e. The SMILES string of the molecule is Cc1sc(-c2ccc(CN3C(=O)c4cccc5c(NC(=O)O[C@H]6CC[C@@]7(C)C(=CC[C@H]8[C@@H]9CC[C@H]([C@H](C)CCCC(C)C)[C@@]9(C)CC[C@@H]87)C6)ccc(c45)C3=O)cc2)cc1C1=C(c2cc(-c3ccc(CN4C(=O)c5cccc6c(NC(=O)O[C@H]7CC[C@@]8(C)C(=CC[C@H]9[C@@H]%10CC[C@H]([C@H](C)CCCC(C)C)[C@@]%10(C)CC[C@@H]98)C7)ccc(c56)C4=O)cc3)sc2C)CCC1. The highest BCUT2D eigenvalue weighted by Gasteiger charge is 2.62. The Morgan fingerprint density at radius 2 is 0.854 bits per heavy atom. The van der Waals surface area contributed by atoms with Crippen molar-refractivity contribution >= 4 is 103 Å². The maximum atomic E-state index is 14.5. The van der Waals surface area contributed by atoms with Gasteiger partial charge in [0.25, 0.3) is 23.6 Å². The second kappa shape index (κ2) is 32.9. The van der Waals surface area contributed by atoms with E-state index < -0.39 is 12.2 Å². The number of thiophene rings is 2. The molecule has 6 aromatic carbocycles. The molecule has 16 atom stereocenters. The van der Waals surface area contributed by atoms with Gasteiger partial charge in [-0.2, -0.15) is 0 Å². The van der Waals surface area contributed by atoms with Crippen LogP contribution in [0.4, 0.5) is 21.0 Å². The number of fused-ring (bicyclic) bond motifs is 10. The topological polar surface area (TPSA) is 151 Å². The Hall–Kier alpha value is -8.72. The maximum Gasteiger partial charge on any atom is 0.411 e. The van der Waals surface area contributed by atoms with E-state index in [1.165, 1.54) is 143 Å². The van der Waals surface area contributed by atoms with Crippen LogP contribution in [-0.4, -0.2) is 57.8 Å². The molecule has 12 nitrogen and oxygen atoms in total. The molecule has 2 N–H and O–H groups in total. The average molecular weight is 1690 g/mol. The molecular weight excluding hydrogens is 1560 g/mol. The minimum atomic E-state index is -0.509. The molecule has 8 aromatic rings. The van der Waals surface area contributed by atoms with E-state index in [2.05, 4.69) is 142 Å². The molecule has 14 heteroatoms. The number of amides is 6. The van der Waals surface area contributed by atoms with E-state index in [-0.39, 0.29) is 59.8 Å². The van der Waals surface area contributed by atoms with Gasteiger partial charge in [0, 0.05) is 76.1 Å². The van der Waals surface area contributed by atoms with E-state index in [0.717, 1.165) is 162 Å². The van der Waals surface area contributed by atoms with Gasteiger partial charge in [-0.3, -0.25) is 39.6 Å². The third kappa shape index (κ3) is 14.9. The molecule has 0 saturated heterocycles. The quantitative estimate of drug-likeness (QED) is 0.0503. The highest BCUT2D eigenvalue weighted by molar-refractivity contribution is 7.16. The predicted molar refractivity (Wildman–Crippen MR) is 500 cm³/mol. The zero-order chi connectivity index (χ0) is 85.4. The summed E-state index contributed by atoms with van der Waals surface area (Å²) in [5.41, 5.74) is 16.0. The first kappa shape index (κ1) is 83.8. The lowest BCUT2D eigenvalue weighted by Crippen LogP contribution is -2.51. The molecule has 0 spiro atoms. The zero-order valence-corrected chi connectivity index (χ0v) is 76.5. The summed E-state index contributed by atoms with van der Waals surface area (Å²) < 4.78 is 12.6. The molecule has 6 saturated carbocycles. The van der Waals surface area contributed by atoms with Crippen molar-refractivity contribution in [2.24, 2.45) is 92.7 Å². The minimum absolute atomic E-state index is 0.114. The van der Waals surface area contributed by atoms with Crippen molar-refractivity contribution < 1.29 is 38.2 Å². The van der Waals surface area contributed by atoms with E-state index in [1.54, 1.807) is 59.1 Å². The van der Waals surface area contributed by atoms with E-state index in [1.807, 2.05) is 48.5 Å². The van der Waals surface area contributed by atoms with Gasteiger partial charge in [0.2, 0.25) is 0 Å². The Morgan fingerprint density at radius 1 is 0.455 bits per heavy atom. The Kier molecular flexibility index (Phi) is 22.4. The van der Waals surface area contributed by atoms with Crippen LogP contribution >= 0.6 is 22.7 Å². The van der Waals surface area contributed by atoms with Crippen molar-refractivity contribution in [3.63, 3.8) is 0 Å². The fourth-order valence-corrected chi connectivity index (χ4v) is 30.1. The molecule has 11 aliphatic rings.